The van der Waals surface area contributed by atoms with E-state index in [0.29, 0.717) is 28.8 Å². The summed E-state index contributed by atoms with van der Waals surface area (Å²) in [7, 11) is 0. The van der Waals surface area contributed by atoms with Crippen LogP contribution >= 0.6 is 11.6 Å². The van der Waals surface area contributed by atoms with Gasteiger partial charge in [0.15, 0.2) is 0 Å². The first-order chi connectivity index (χ1) is 6.99. The van der Waals surface area contributed by atoms with Crippen LogP contribution in [0.5, 0.6) is 0 Å². The molecule has 0 atom stereocenters. The van der Waals surface area contributed by atoms with Crippen molar-refractivity contribution in [2.24, 2.45) is 5.92 Å². The third kappa shape index (κ3) is 3.80. The van der Waals surface area contributed by atoms with E-state index in [1.807, 2.05) is 13.8 Å². The van der Waals surface area contributed by atoms with Gasteiger partial charge < -0.3 is 10.5 Å². The predicted octanol–water partition coefficient (Wildman–Crippen LogP) is 2.74. The van der Waals surface area contributed by atoms with E-state index in [1.54, 1.807) is 18.2 Å². The van der Waals surface area contributed by atoms with Crippen molar-refractivity contribution in [1.29, 1.82) is 0 Å². The number of hydrogen-bond acceptors (Lipinski definition) is 3. The fourth-order valence-corrected chi connectivity index (χ4v) is 1.30. The Kier molecular flexibility index (Phi) is 3.97. The van der Waals surface area contributed by atoms with E-state index in [4.69, 9.17) is 22.1 Å². The molecule has 1 rings (SSSR count). The van der Waals surface area contributed by atoms with Crippen molar-refractivity contribution >= 4 is 23.3 Å². The van der Waals surface area contributed by atoms with Crippen LogP contribution in [0.4, 0.5) is 5.69 Å². The standard InChI is InChI=1S/C11H14ClNO2/c1-7(2)6-15-11(14)8-3-9(12)5-10(13)4-8/h3-5,7H,6,13H2,1-2H3. The molecule has 0 aliphatic rings. The topological polar surface area (TPSA) is 52.3 Å². The minimum absolute atomic E-state index is 0.311. The van der Waals surface area contributed by atoms with E-state index in [-0.39, 0.29) is 0 Å². The Bertz CT molecular complexity index is 343. The molecule has 4 heteroatoms. The van der Waals surface area contributed by atoms with Crippen molar-refractivity contribution in [3.05, 3.63) is 28.8 Å². The first kappa shape index (κ1) is 11.9. The van der Waals surface area contributed by atoms with Crippen LogP contribution in [-0.2, 0) is 4.74 Å². The van der Waals surface area contributed by atoms with Crippen LogP contribution in [0.2, 0.25) is 5.02 Å². The Morgan fingerprint density at radius 1 is 1.47 bits per heavy atom. The van der Waals surface area contributed by atoms with Crippen molar-refractivity contribution in [3.8, 4) is 0 Å². The molecule has 15 heavy (non-hydrogen) atoms. The maximum absolute atomic E-state index is 11.5. The molecule has 0 fully saturated rings. The van der Waals surface area contributed by atoms with E-state index >= 15 is 0 Å². The zero-order chi connectivity index (χ0) is 11.4. The van der Waals surface area contributed by atoms with Gasteiger partial charge in [0.25, 0.3) is 0 Å². The number of nitrogens with two attached hydrogens (primary N) is 1. The molecule has 0 saturated heterocycles. The number of nitrogen functional groups attached to an aromatic ring is 1. The molecule has 0 aliphatic heterocycles. The highest BCUT2D eigenvalue weighted by Gasteiger charge is 2.09. The third-order valence-electron chi connectivity index (χ3n) is 1.70. The number of hydrogen-bond donors (Lipinski definition) is 1. The number of benzene rings is 1. The van der Waals surface area contributed by atoms with Crippen molar-refractivity contribution in [2.75, 3.05) is 12.3 Å². The van der Waals surface area contributed by atoms with Crippen molar-refractivity contribution in [2.45, 2.75) is 13.8 Å². The number of esters is 1. The molecule has 0 radical (unpaired) electrons. The van der Waals surface area contributed by atoms with Gasteiger partial charge in [-0.2, -0.15) is 0 Å². The summed E-state index contributed by atoms with van der Waals surface area (Å²) in [6.45, 7) is 4.34. The lowest BCUT2D eigenvalue weighted by Gasteiger charge is -2.07. The summed E-state index contributed by atoms with van der Waals surface area (Å²) >= 11 is 5.77. The van der Waals surface area contributed by atoms with Gasteiger partial charge in [-0.15, -0.1) is 0 Å². The van der Waals surface area contributed by atoms with Gasteiger partial charge in [-0.3, -0.25) is 0 Å². The second kappa shape index (κ2) is 5.03. The largest absolute Gasteiger partial charge is 0.462 e. The molecule has 1 aromatic carbocycles. The third-order valence-corrected chi connectivity index (χ3v) is 1.92. The molecule has 0 bridgehead atoms. The molecular formula is C11H14ClNO2. The summed E-state index contributed by atoms with van der Waals surface area (Å²) in [5.41, 5.74) is 6.41. The molecule has 2 N–H and O–H groups in total. The second-order valence-electron chi connectivity index (χ2n) is 3.77. The van der Waals surface area contributed by atoms with Crippen molar-refractivity contribution in [3.63, 3.8) is 0 Å². The van der Waals surface area contributed by atoms with Gasteiger partial charge in [-0.05, 0) is 24.1 Å². The number of anilines is 1. The Hall–Kier alpha value is -1.22. The summed E-state index contributed by atoms with van der Waals surface area (Å²) in [5.74, 6) is -0.0802. The lowest BCUT2D eigenvalue weighted by Crippen LogP contribution is -2.10. The number of halogens is 1. The minimum Gasteiger partial charge on any atom is -0.462 e. The average Bonchev–Trinajstić information content (AvgIpc) is 2.12. The first-order valence-corrected chi connectivity index (χ1v) is 5.10. The van der Waals surface area contributed by atoms with E-state index in [0.717, 1.165) is 0 Å². The van der Waals surface area contributed by atoms with Crippen molar-refractivity contribution in [1.82, 2.24) is 0 Å². The lowest BCUT2D eigenvalue weighted by molar-refractivity contribution is 0.0459. The highest BCUT2D eigenvalue weighted by Crippen LogP contribution is 2.17. The highest BCUT2D eigenvalue weighted by molar-refractivity contribution is 6.31. The minimum atomic E-state index is -0.391. The Labute approximate surface area is 94.2 Å². The molecule has 3 nitrogen and oxygen atoms in total. The number of carbonyl (C=O) groups is 1. The molecule has 0 saturated carbocycles. The lowest BCUT2D eigenvalue weighted by atomic mass is 10.2. The maximum Gasteiger partial charge on any atom is 0.338 e. The number of rotatable bonds is 3. The van der Waals surface area contributed by atoms with Crippen molar-refractivity contribution < 1.29 is 9.53 Å². The fraction of sp³-hybridized carbons (Fsp3) is 0.364. The van der Waals surface area contributed by atoms with Gasteiger partial charge in [0.05, 0.1) is 12.2 Å². The molecule has 1 aromatic rings. The monoisotopic (exact) mass is 227 g/mol. The van der Waals surface area contributed by atoms with Crippen LogP contribution in [0.3, 0.4) is 0 Å². The summed E-state index contributed by atoms with van der Waals surface area (Å²) in [5, 5.41) is 0.437. The summed E-state index contributed by atoms with van der Waals surface area (Å²) in [6, 6.07) is 4.68. The fourth-order valence-electron chi connectivity index (χ4n) is 1.06. The highest BCUT2D eigenvalue weighted by atomic mass is 35.5. The summed E-state index contributed by atoms with van der Waals surface area (Å²) in [4.78, 5) is 11.5. The Morgan fingerprint density at radius 2 is 2.13 bits per heavy atom. The molecule has 0 amide bonds. The van der Waals surface area contributed by atoms with E-state index < -0.39 is 5.97 Å². The van der Waals surface area contributed by atoms with Crippen LogP contribution in [0, 0.1) is 5.92 Å². The second-order valence-corrected chi connectivity index (χ2v) is 4.20. The molecule has 0 aliphatic carbocycles. The zero-order valence-corrected chi connectivity index (χ0v) is 9.54. The number of carbonyl (C=O) groups excluding carboxylic acids is 1. The quantitative estimate of drug-likeness (QED) is 0.638. The van der Waals surface area contributed by atoms with Crippen LogP contribution in [0.15, 0.2) is 18.2 Å². The van der Waals surface area contributed by atoms with Crippen LogP contribution in [0.1, 0.15) is 24.2 Å². The maximum atomic E-state index is 11.5. The average molecular weight is 228 g/mol. The molecule has 0 heterocycles. The van der Waals surface area contributed by atoms with E-state index in [9.17, 15) is 4.79 Å². The van der Waals surface area contributed by atoms with Gasteiger partial charge in [-0.1, -0.05) is 25.4 Å². The zero-order valence-electron chi connectivity index (χ0n) is 8.79. The van der Waals surface area contributed by atoms with Crippen LogP contribution in [-0.4, -0.2) is 12.6 Å². The number of ether oxygens (including phenoxy) is 1. The SMILES string of the molecule is CC(C)COC(=O)c1cc(N)cc(Cl)c1. The van der Waals surface area contributed by atoms with Crippen LogP contribution < -0.4 is 5.73 Å². The van der Waals surface area contributed by atoms with Gasteiger partial charge in [0.1, 0.15) is 0 Å². The van der Waals surface area contributed by atoms with Gasteiger partial charge in [0, 0.05) is 10.7 Å². The molecule has 0 spiro atoms. The van der Waals surface area contributed by atoms with Crippen LogP contribution in [0.25, 0.3) is 0 Å². The molecule has 82 valence electrons. The Morgan fingerprint density at radius 3 is 2.67 bits per heavy atom. The van der Waals surface area contributed by atoms with Gasteiger partial charge in [-0.25, -0.2) is 4.79 Å². The molecule has 0 unspecified atom stereocenters. The molecule has 0 aromatic heterocycles. The smallest absolute Gasteiger partial charge is 0.338 e. The summed E-state index contributed by atoms with van der Waals surface area (Å²) < 4.78 is 5.05. The first-order valence-electron chi connectivity index (χ1n) is 4.72. The van der Waals surface area contributed by atoms with E-state index in [2.05, 4.69) is 0 Å². The molecular weight excluding hydrogens is 214 g/mol. The summed E-state index contributed by atoms with van der Waals surface area (Å²) in [6.07, 6.45) is 0. The van der Waals surface area contributed by atoms with E-state index in [1.165, 1.54) is 0 Å². The Balaban J connectivity index is 2.73. The van der Waals surface area contributed by atoms with Gasteiger partial charge in [0.2, 0.25) is 0 Å². The normalized spacial score (nSPS) is 10.4. The predicted molar refractivity (Wildman–Crippen MR) is 61.0 cm³/mol. The van der Waals surface area contributed by atoms with Gasteiger partial charge >= 0.3 is 5.97 Å².